The summed E-state index contributed by atoms with van der Waals surface area (Å²) >= 11 is 12.0. The predicted octanol–water partition coefficient (Wildman–Crippen LogP) is 5.26. The van der Waals surface area contributed by atoms with E-state index in [0.29, 0.717) is 18.4 Å². The van der Waals surface area contributed by atoms with Crippen molar-refractivity contribution in [3.63, 3.8) is 0 Å². The maximum absolute atomic E-state index is 6.20. The molecule has 3 rings (SSSR count). The molecule has 0 aliphatic heterocycles. The molecule has 0 saturated heterocycles. The Bertz CT molecular complexity index is 756. The van der Waals surface area contributed by atoms with Gasteiger partial charge in [-0.3, -0.25) is 0 Å². The highest BCUT2D eigenvalue weighted by Gasteiger charge is 2.05. The molecule has 4 heteroatoms. The molecule has 0 atom stereocenters. The van der Waals surface area contributed by atoms with Crippen LogP contribution in [-0.2, 0) is 18.0 Å². The lowest BCUT2D eigenvalue weighted by atomic mass is 10.2. The van der Waals surface area contributed by atoms with Crippen molar-refractivity contribution in [3.8, 4) is 0 Å². The van der Waals surface area contributed by atoms with Crippen molar-refractivity contribution in [2.24, 2.45) is 0 Å². The average molecular weight is 318 g/mol. The molecule has 0 N–H and O–H groups in total. The van der Waals surface area contributed by atoms with Gasteiger partial charge in [-0.05, 0) is 29.8 Å². The highest BCUT2D eigenvalue weighted by Crippen LogP contribution is 2.21. The molecule has 0 amide bonds. The highest BCUT2D eigenvalue weighted by molar-refractivity contribution is 6.30. The number of nitrogens with zero attached hydrogens (tertiary/aromatic N) is 1. The second-order valence-electron chi connectivity index (χ2n) is 4.75. The third kappa shape index (κ3) is 3.53. The van der Waals surface area contributed by atoms with Crippen molar-refractivity contribution in [2.45, 2.75) is 13.2 Å². The minimum absolute atomic E-state index is 0.430. The molecule has 0 radical (unpaired) electrons. The van der Waals surface area contributed by atoms with Crippen LogP contribution >= 0.6 is 23.2 Å². The minimum Gasteiger partial charge on any atom is -0.372 e. The molecule has 21 heavy (non-hydrogen) atoms. The van der Waals surface area contributed by atoms with Gasteiger partial charge in [-0.2, -0.15) is 0 Å². The smallest absolute Gasteiger partial charge is 0.135 e. The number of aromatic nitrogens is 1. The van der Waals surface area contributed by atoms with Crippen LogP contribution in [-0.4, -0.2) is 4.98 Å². The predicted molar refractivity (Wildman–Crippen MR) is 86.7 cm³/mol. The van der Waals surface area contributed by atoms with Crippen LogP contribution in [0.3, 0.4) is 0 Å². The quantitative estimate of drug-likeness (QED) is 0.612. The van der Waals surface area contributed by atoms with Gasteiger partial charge in [-0.25, -0.2) is 4.98 Å². The third-order valence-corrected chi connectivity index (χ3v) is 3.77. The van der Waals surface area contributed by atoms with Crippen molar-refractivity contribution in [1.29, 1.82) is 0 Å². The molecule has 2 aromatic carbocycles. The van der Waals surface area contributed by atoms with Gasteiger partial charge in [-0.15, -0.1) is 0 Å². The Morgan fingerprint density at radius 1 is 0.905 bits per heavy atom. The van der Waals surface area contributed by atoms with Gasteiger partial charge < -0.3 is 4.74 Å². The monoisotopic (exact) mass is 317 g/mol. The summed E-state index contributed by atoms with van der Waals surface area (Å²) < 4.78 is 5.71. The summed E-state index contributed by atoms with van der Waals surface area (Å²) in [6.45, 7) is 0.944. The fraction of sp³-hybridized carbons (Fsp3) is 0.118. The van der Waals surface area contributed by atoms with E-state index < -0.39 is 0 Å². The molecular formula is C17H13Cl2NO. The Morgan fingerprint density at radius 3 is 2.48 bits per heavy atom. The third-order valence-electron chi connectivity index (χ3n) is 3.19. The van der Waals surface area contributed by atoms with Crippen LogP contribution in [0.5, 0.6) is 0 Å². The lowest BCUT2D eigenvalue weighted by Gasteiger charge is -2.08. The first-order valence-electron chi connectivity index (χ1n) is 6.59. The molecule has 0 bridgehead atoms. The van der Waals surface area contributed by atoms with Gasteiger partial charge in [-0.1, -0.05) is 53.5 Å². The summed E-state index contributed by atoms with van der Waals surface area (Å²) in [4.78, 5) is 4.38. The first kappa shape index (κ1) is 14.3. The molecule has 0 saturated carbocycles. The molecule has 0 aliphatic rings. The fourth-order valence-corrected chi connectivity index (χ4v) is 2.42. The maximum Gasteiger partial charge on any atom is 0.135 e. The molecular weight excluding hydrogens is 305 g/mol. The Balaban J connectivity index is 1.70. The van der Waals surface area contributed by atoms with Gasteiger partial charge in [0.1, 0.15) is 5.15 Å². The summed E-state index contributed by atoms with van der Waals surface area (Å²) in [7, 11) is 0. The van der Waals surface area contributed by atoms with Gasteiger partial charge in [0.05, 0.1) is 18.7 Å². The van der Waals surface area contributed by atoms with E-state index in [1.165, 1.54) is 0 Å². The molecule has 2 nitrogen and oxygen atoms in total. The van der Waals surface area contributed by atoms with Crippen LogP contribution in [0.1, 0.15) is 11.1 Å². The number of ether oxygens (including phenoxy) is 1. The summed E-state index contributed by atoms with van der Waals surface area (Å²) in [5.41, 5.74) is 2.86. The zero-order chi connectivity index (χ0) is 14.7. The molecule has 1 heterocycles. The topological polar surface area (TPSA) is 22.1 Å². The van der Waals surface area contributed by atoms with Crippen molar-refractivity contribution < 1.29 is 4.74 Å². The van der Waals surface area contributed by atoms with E-state index in [1.54, 1.807) is 0 Å². The largest absolute Gasteiger partial charge is 0.372 e. The van der Waals surface area contributed by atoms with Crippen LogP contribution in [0.15, 0.2) is 54.6 Å². The SMILES string of the molecule is Clc1ccc(COCc2cc3ccccc3nc2Cl)cc1. The Morgan fingerprint density at radius 2 is 1.67 bits per heavy atom. The Labute approximate surface area is 133 Å². The van der Waals surface area contributed by atoms with Crippen LogP contribution in [0, 0.1) is 0 Å². The fourth-order valence-electron chi connectivity index (χ4n) is 2.10. The van der Waals surface area contributed by atoms with Gasteiger partial charge in [0.2, 0.25) is 0 Å². The number of pyridine rings is 1. The van der Waals surface area contributed by atoms with Crippen LogP contribution in [0.2, 0.25) is 10.2 Å². The Hall–Kier alpha value is -1.61. The van der Waals surface area contributed by atoms with Gasteiger partial charge >= 0.3 is 0 Å². The van der Waals surface area contributed by atoms with E-state index in [9.17, 15) is 0 Å². The first-order valence-corrected chi connectivity index (χ1v) is 7.34. The molecule has 0 spiro atoms. The zero-order valence-corrected chi connectivity index (χ0v) is 12.7. The number of hydrogen-bond donors (Lipinski definition) is 0. The normalized spacial score (nSPS) is 11.0. The lowest BCUT2D eigenvalue weighted by Crippen LogP contribution is -1.96. The van der Waals surface area contributed by atoms with Gasteiger partial charge in [0.15, 0.2) is 0 Å². The van der Waals surface area contributed by atoms with Crippen molar-refractivity contribution in [2.75, 3.05) is 0 Å². The second kappa shape index (κ2) is 6.44. The maximum atomic E-state index is 6.20. The summed E-state index contributed by atoms with van der Waals surface area (Å²) in [5.74, 6) is 0. The number of halogens is 2. The molecule has 1 aromatic heterocycles. The van der Waals surface area contributed by atoms with Gasteiger partial charge in [0.25, 0.3) is 0 Å². The van der Waals surface area contributed by atoms with Crippen molar-refractivity contribution in [1.82, 2.24) is 4.98 Å². The van der Waals surface area contributed by atoms with Crippen LogP contribution < -0.4 is 0 Å². The van der Waals surface area contributed by atoms with E-state index in [-0.39, 0.29) is 0 Å². The Kier molecular flexibility index (Phi) is 4.39. The number of fused-ring (bicyclic) bond motifs is 1. The summed E-state index contributed by atoms with van der Waals surface area (Å²) in [5, 5.41) is 2.28. The summed E-state index contributed by atoms with van der Waals surface area (Å²) in [6, 6.07) is 17.5. The standard InChI is InChI=1S/C17H13Cl2NO/c18-15-7-5-12(6-8-15)10-21-11-14-9-13-3-1-2-4-16(13)20-17(14)19/h1-9H,10-11H2. The number of rotatable bonds is 4. The van der Waals surface area contributed by atoms with Crippen LogP contribution in [0.4, 0.5) is 0 Å². The molecule has 106 valence electrons. The number of para-hydroxylation sites is 1. The zero-order valence-electron chi connectivity index (χ0n) is 11.2. The minimum atomic E-state index is 0.430. The number of benzene rings is 2. The summed E-state index contributed by atoms with van der Waals surface area (Å²) in [6.07, 6.45) is 0. The lowest BCUT2D eigenvalue weighted by molar-refractivity contribution is 0.107. The second-order valence-corrected chi connectivity index (χ2v) is 5.54. The van der Waals surface area contributed by atoms with Crippen LogP contribution in [0.25, 0.3) is 10.9 Å². The van der Waals surface area contributed by atoms with Crippen molar-refractivity contribution in [3.05, 3.63) is 75.9 Å². The number of hydrogen-bond acceptors (Lipinski definition) is 2. The van der Waals surface area contributed by atoms with E-state index >= 15 is 0 Å². The van der Waals surface area contributed by atoms with E-state index in [0.717, 1.165) is 27.1 Å². The van der Waals surface area contributed by atoms with E-state index in [4.69, 9.17) is 27.9 Å². The average Bonchev–Trinajstić information content (AvgIpc) is 2.50. The first-order chi connectivity index (χ1) is 10.2. The highest BCUT2D eigenvalue weighted by atomic mass is 35.5. The molecule has 0 unspecified atom stereocenters. The molecule has 0 fully saturated rings. The molecule has 0 aliphatic carbocycles. The van der Waals surface area contributed by atoms with Gasteiger partial charge in [0, 0.05) is 16.0 Å². The van der Waals surface area contributed by atoms with E-state index in [1.807, 2.05) is 54.6 Å². The molecule has 3 aromatic rings. The van der Waals surface area contributed by atoms with E-state index in [2.05, 4.69) is 4.98 Å². The van der Waals surface area contributed by atoms with Crippen molar-refractivity contribution >= 4 is 34.1 Å².